The molecule has 0 radical (unpaired) electrons. The first-order valence-corrected chi connectivity index (χ1v) is 10.6. The molecule has 3 aliphatic rings. The summed E-state index contributed by atoms with van der Waals surface area (Å²) in [5.41, 5.74) is 9.15. The van der Waals surface area contributed by atoms with Crippen molar-refractivity contribution >= 4 is 11.6 Å². The molecule has 142 valence electrons. The summed E-state index contributed by atoms with van der Waals surface area (Å²) >= 11 is 6.62. The van der Waals surface area contributed by atoms with Gasteiger partial charge in [0, 0.05) is 24.2 Å². The molecule has 3 heteroatoms. The highest BCUT2D eigenvalue weighted by Gasteiger charge is 2.43. The van der Waals surface area contributed by atoms with Crippen LogP contribution in [0.25, 0.3) is 11.1 Å². The van der Waals surface area contributed by atoms with E-state index in [9.17, 15) is 5.11 Å². The molecule has 2 fully saturated rings. The van der Waals surface area contributed by atoms with E-state index in [0.29, 0.717) is 12.0 Å². The third kappa shape index (κ3) is 2.93. The van der Waals surface area contributed by atoms with Crippen molar-refractivity contribution in [2.24, 2.45) is 0 Å². The molecular formula is C24H28ClNO. The van der Waals surface area contributed by atoms with Crippen LogP contribution in [0.4, 0.5) is 0 Å². The van der Waals surface area contributed by atoms with Gasteiger partial charge in [-0.2, -0.15) is 0 Å². The van der Waals surface area contributed by atoms with Crippen molar-refractivity contribution < 1.29 is 5.11 Å². The molecule has 1 unspecified atom stereocenters. The van der Waals surface area contributed by atoms with E-state index in [1.165, 1.54) is 51.8 Å². The minimum Gasteiger partial charge on any atom is -0.388 e. The molecule has 1 saturated carbocycles. The molecule has 2 nitrogen and oxygen atoms in total. The lowest BCUT2D eigenvalue weighted by Gasteiger charge is -2.47. The Bertz CT molecular complexity index is 920. The van der Waals surface area contributed by atoms with Gasteiger partial charge in [-0.25, -0.2) is 0 Å². The van der Waals surface area contributed by atoms with Crippen LogP contribution in [-0.4, -0.2) is 28.7 Å². The molecule has 1 aliphatic heterocycles. The minimum absolute atomic E-state index is 0.465. The van der Waals surface area contributed by atoms with Gasteiger partial charge in [0.1, 0.15) is 0 Å². The Morgan fingerprint density at radius 3 is 2.44 bits per heavy atom. The number of aryl methyl sites for hydroxylation is 1. The Hall–Kier alpha value is -1.35. The quantitative estimate of drug-likeness (QED) is 0.752. The van der Waals surface area contributed by atoms with Gasteiger partial charge in [-0.05, 0) is 97.4 Å². The van der Waals surface area contributed by atoms with Gasteiger partial charge in [0.15, 0.2) is 0 Å². The number of benzene rings is 2. The normalized spacial score (nSPS) is 24.0. The Morgan fingerprint density at radius 2 is 1.81 bits per heavy atom. The van der Waals surface area contributed by atoms with Crippen LogP contribution in [0, 0.1) is 13.8 Å². The van der Waals surface area contributed by atoms with Gasteiger partial charge in [-0.15, -0.1) is 0 Å². The zero-order chi connectivity index (χ0) is 18.9. The number of hydrogen-bond acceptors (Lipinski definition) is 2. The monoisotopic (exact) mass is 381 g/mol. The molecule has 27 heavy (non-hydrogen) atoms. The van der Waals surface area contributed by atoms with Crippen LogP contribution < -0.4 is 0 Å². The summed E-state index contributed by atoms with van der Waals surface area (Å²) in [7, 11) is 0. The first-order valence-electron chi connectivity index (χ1n) is 10.2. The summed E-state index contributed by atoms with van der Waals surface area (Å²) in [6.07, 6.45) is 4.85. The number of halogens is 1. The summed E-state index contributed by atoms with van der Waals surface area (Å²) in [5.74, 6) is 0.684. The van der Waals surface area contributed by atoms with E-state index in [2.05, 4.69) is 43.0 Å². The fourth-order valence-electron chi connectivity index (χ4n) is 5.40. The van der Waals surface area contributed by atoms with Gasteiger partial charge >= 0.3 is 0 Å². The van der Waals surface area contributed by atoms with E-state index < -0.39 is 5.60 Å². The highest BCUT2D eigenvalue weighted by Crippen LogP contribution is 2.47. The van der Waals surface area contributed by atoms with Crippen LogP contribution in [0.15, 0.2) is 24.3 Å². The summed E-state index contributed by atoms with van der Waals surface area (Å²) in [6, 6.07) is 9.54. The Kier molecular flexibility index (Phi) is 3.99. The van der Waals surface area contributed by atoms with Crippen LogP contribution in [0.2, 0.25) is 5.02 Å². The number of aliphatic hydroxyl groups is 1. The summed E-state index contributed by atoms with van der Waals surface area (Å²) < 4.78 is 0. The Morgan fingerprint density at radius 1 is 1.07 bits per heavy atom. The number of nitrogens with zero attached hydrogens (tertiary/aromatic N) is 1. The predicted octanol–water partition coefficient (Wildman–Crippen LogP) is 5.56. The Labute approximate surface area is 167 Å². The summed E-state index contributed by atoms with van der Waals surface area (Å²) in [6.45, 7) is 8.02. The first-order chi connectivity index (χ1) is 12.8. The second kappa shape index (κ2) is 6.07. The second-order valence-electron chi connectivity index (χ2n) is 9.23. The number of β-amino-alcohol motifs (C(OH)–C–C–N with tert-alkyl or cyclic N) is 1. The molecule has 1 saturated heterocycles. The average Bonchev–Trinajstić information content (AvgIpc) is 3.32. The van der Waals surface area contributed by atoms with Crippen molar-refractivity contribution in [3.8, 4) is 11.1 Å². The van der Waals surface area contributed by atoms with Crippen molar-refractivity contribution in [1.29, 1.82) is 0 Å². The topological polar surface area (TPSA) is 23.5 Å². The Balaban J connectivity index is 1.51. The molecule has 5 rings (SSSR count). The van der Waals surface area contributed by atoms with E-state index in [1.807, 2.05) is 6.92 Å². The summed E-state index contributed by atoms with van der Waals surface area (Å²) in [4.78, 5) is 2.44. The van der Waals surface area contributed by atoms with E-state index in [-0.39, 0.29) is 0 Å². The highest BCUT2D eigenvalue weighted by atomic mass is 35.5. The number of likely N-dealkylation sites (tertiary alicyclic amines) is 1. The zero-order valence-electron chi connectivity index (χ0n) is 16.5. The number of hydrogen-bond donors (Lipinski definition) is 1. The van der Waals surface area contributed by atoms with Gasteiger partial charge in [-0.3, -0.25) is 4.90 Å². The van der Waals surface area contributed by atoms with Crippen LogP contribution in [0.1, 0.15) is 66.0 Å². The lowest BCUT2D eigenvalue weighted by molar-refractivity contribution is -0.103. The second-order valence-corrected chi connectivity index (χ2v) is 9.64. The van der Waals surface area contributed by atoms with Crippen LogP contribution in [0.3, 0.4) is 0 Å². The smallest absolute Gasteiger partial charge is 0.0872 e. The molecule has 0 amide bonds. The molecule has 2 aromatic carbocycles. The lowest BCUT2D eigenvalue weighted by Crippen LogP contribution is -2.60. The molecule has 2 aliphatic carbocycles. The molecule has 0 aromatic heterocycles. The van der Waals surface area contributed by atoms with E-state index >= 15 is 0 Å². The van der Waals surface area contributed by atoms with Gasteiger partial charge in [0.05, 0.1) is 5.60 Å². The SMILES string of the molecule is Cc1cc2c(c(C)c1-c1ccc(C3CC3)c(Cl)c1)CCC2N1CC(C)(O)C1. The fourth-order valence-corrected chi connectivity index (χ4v) is 5.74. The van der Waals surface area contributed by atoms with Gasteiger partial charge < -0.3 is 5.11 Å². The molecule has 1 atom stereocenters. The zero-order valence-corrected chi connectivity index (χ0v) is 17.2. The minimum atomic E-state index is -0.507. The molecule has 2 aromatic rings. The maximum atomic E-state index is 10.1. The highest BCUT2D eigenvalue weighted by molar-refractivity contribution is 6.31. The van der Waals surface area contributed by atoms with E-state index in [4.69, 9.17) is 11.6 Å². The molecule has 0 bridgehead atoms. The number of fused-ring (bicyclic) bond motifs is 1. The van der Waals surface area contributed by atoms with Gasteiger partial charge in [0.2, 0.25) is 0 Å². The van der Waals surface area contributed by atoms with Gasteiger partial charge in [-0.1, -0.05) is 29.8 Å². The van der Waals surface area contributed by atoms with E-state index in [0.717, 1.165) is 31.0 Å². The third-order valence-corrected chi connectivity index (χ3v) is 7.13. The maximum absolute atomic E-state index is 10.1. The van der Waals surface area contributed by atoms with Crippen molar-refractivity contribution in [1.82, 2.24) is 4.90 Å². The molecular weight excluding hydrogens is 354 g/mol. The average molecular weight is 382 g/mol. The van der Waals surface area contributed by atoms with Crippen LogP contribution in [0.5, 0.6) is 0 Å². The van der Waals surface area contributed by atoms with Gasteiger partial charge in [0.25, 0.3) is 0 Å². The molecule has 1 heterocycles. The summed E-state index contributed by atoms with van der Waals surface area (Å²) in [5, 5.41) is 11.1. The number of rotatable bonds is 3. The fraction of sp³-hybridized carbons (Fsp3) is 0.500. The standard InChI is InChI=1S/C24H28ClNO/c1-14-10-20-18(8-9-22(20)26-12-24(3,27)13-26)15(2)23(14)17-6-7-19(16-4-5-16)21(25)11-17/h6-7,10-11,16,22,27H,4-5,8-9,12-13H2,1-3H3. The maximum Gasteiger partial charge on any atom is 0.0872 e. The van der Waals surface area contributed by atoms with Crippen LogP contribution >= 0.6 is 11.6 Å². The van der Waals surface area contributed by atoms with E-state index in [1.54, 1.807) is 0 Å². The van der Waals surface area contributed by atoms with Crippen molar-refractivity contribution in [2.75, 3.05) is 13.1 Å². The first kappa shape index (κ1) is 17.7. The molecule has 1 N–H and O–H groups in total. The van der Waals surface area contributed by atoms with Crippen LogP contribution in [-0.2, 0) is 6.42 Å². The molecule has 0 spiro atoms. The van der Waals surface area contributed by atoms with Crippen molar-refractivity contribution in [3.63, 3.8) is 0 Å². The predicted molar refractivity (Wildman–Crippen MR) is 112 cm³/mol. The van der Waals surface area contributed by atoms with Crippen molar-refractivity contribution in [2.45, 2.75) is 64.0 Å². The third-order valence-electron chi connectivity index (χ3n) is 6.80. The lowest BCUT2D eigenvalue weighted by atomic mass is 9.87. The largest absolute Gasteiger partial charge is 0.388 e. The van der Waals surface area contributed by atoms with Crippen molar-refractivity contribution in [3.05, 3.63) is 57.1 Å².